The zero-order valence-electron chi connectivity index (χ0n) is 11.3. The molecule has 2 rings (SSSR count). The predicted octanol–water partition coefficient (Wildman–Crippen LogP) is 1.06. The summed E-state index contributed by atoms with van der Waals surface area (Å²) in [6.07, 6.45) is 1.26. The number of nitrogens with one attached hydrogen (secondary N) is 2. The Bertz CT molecular complexity index is 757. The first-order valence-corrected chi connectivity index (χ1v) is 7.42. The van der Waals surface area contributed by atoms with Gasteiger partial charge in [0.2, 0.25) is 10.0 Å². The van der Waals surface area contributed by atoms with Crippen molar-refractivity contribution in [3.63, 3.8) is 0 Å². The minimum atomic E-state index is -3.91. The molecule has 2 N–H and O–H groups in total. The van der Waals surface area contributed by atoms with E-state index in [0.29, 0.717) is 11.4 Å². The van der Waals surface area contributed by atoms with E-state index in [1.807, 2.05) is 0 Å². The van der Waals surface area contributed by atoms with E-state index >= 15 is 0 Å². The van der Waals surface area contributed by atoms with Crippen LogP contribution in [0.5, 0.6) is 0 Å². The summed E-state index contributed by atoms with van der Waals surface area (Å²) in [5.74, 6) is 0.349. The second kappa shape index (κ2) is 5.58. The van der Waals surface area contributed by atoms with Crippen molar-refractivity contribution in [2.45, 2.75) is 24.8 Å². The third kappa shape index (κ3) is 3.23. The Labute approximate surface area is 120 Å². The molecule has 0 aliphatic rings. The average Bonchev–Trinajstić information content (AvgIpc) is 2.92. The standard InChI is InChI=1S/C11H13N5O4S/c1-7-3-4-9(16(17)18)5-10(7)21(19,20)15-8(2)11-12-6-13-14-11/h3-6,8,15H,1-2H3,(H,12,13,14). The van der Waals surface area contributed by atoms with E-state index < -0.39 is 21.0 Å². The van der Waals surface area contributed by atoms with Gasteiger partial charge in [-0.25, -0.2) is 18.1 Å². The number of nitrogens with zero attached hydrogens (tertiary/aromatic N) is 3. The van der Waals surface area contributed by atoms with E-state index in [1.165, 1.54) is 18.5 Å². The van der Waals surface area contributed by atoms with Crippen LogP contribution in [0, 0.1) is 17.0 Å². The topological polar surface area (TPSA) is 131 Å². The molecule has 1 unspecified atom stereocenters. The molecule has 10 heteroatoms. The van der Waals surface area contributed by atoms with Crippen LogP contribution in [0.2, 0.25) is 0 Å². The summed E-state index contributed by atoms with van der Waals surface area (Å²) in [7, 11) is -3.91. The molecule has 0 saturated carbocycles. The summed E-state index contributed by atoms with van der Waals surface area (Å²) in [6, 6.07) is 3.04. The lowest BCUT2D eigenvalue weighted by Gasteiger charge is -2.13. The second-order valence-electron chi connectivity index (χ2n) is 4.42. The summed E-state index contributed by atoms with van der Waals surface area (Å²) in [6.45, 7) is 3.15. The summed E-state index contributed by atoms with van der Waals surface area (Å²) in [5.41, 5.74) is 0.131. The predicted molar refractivity (Wildman–Crippen MR) is 73.0 cm³/mol. The number of hydrogen-bond donors (Lipinski definition) is 2. The van der Waals surface area contributed by atoms with Crippen molar-refractivity contribution in [3.05, 3.63) is 46.0 Å². The van der Waals surface area contributed by atoms with Crippen LogP contribution < -0.4 is 4.72 Å². The number of H-pyrrole nitrogens is 1. The van der Waals surface area contributed by atoms with E-state index in [2.05, 4.69) is 19.9 Å². The maximum atomic E-state index is 12.3. The second-order valence-corrected chi connectivity index (χ2v) is 6.10. The molecule has 0 bridgehead atoms. The lowest BCUT2D eigenvalue weighted by molar-refractivity contribution is -0.385. The smallest absolute Gasteiger partial charge is 0.262 e. The lowest BCUT2D eigenvalue weighted by Crippen LogP contribution is -2.28. The van der Waals surface area contributed by atoms with Gasteiger partial charge < -0.3 is 0 Å². The third-order valence-corrected chi connectivity index (χ3v) is 4.53. The van der Waals surface area contributed by atoms with Gasteiger partial charge in [-0.1, -0.05) is 6.07 Å². The highest BCUT2D eigenvalue weighted by atomic mass is 32.2. The molecule has 0 radical (unpaired) electrons. The normalized spacial score (nSPS) is 13.0. The molecule has 112 valence electrons. The number of aromatic nitrogens is 3. The first-order chi connectivity index (χ1) is 9.81. The Balaban J connectivity index is 2.35. The van der Waals surface area contributed by atoms with Gasteiger partial charge in [0.05, 0.1) is 15.9 Å². The number of hydrogen-bond acceptors (Lipinski definition) is 6. The van der Waals surface area contributed by atoms with Crippen LogP contribution in [0.4, 0.5) is 5.69 Å². The molecule has 1 heterocycles. The van der Waals surface area contributed by atoms with Crippen LogP contribution in [0.3, 0.4) is 0 Å². The van der Waals surface area contributed by atoms with Gasteiger partial charge in [-0.3, -0.25) is 15.2 Å². The quantitative estimate of drug-likeness (QED) is 0.627. The van der Waals surface area contributed by atoms with Crippen molar-refractivity contribution in [1.29, 1.82) is 0 Å². The highest BCUT2D eigenvalue weighted by Gasteiger charge is 2.23. The molecule has 1 aromatic carbocycles. The van der Waals surface area contributed by atoms with Crippen LogP contribution in [0.25, 0.3) is 0 Å². The molecule has 0 saturated heterocycles. The van der Waals surface area contributed by atoms with Crippen LogP contribution in [-0.4, -0.2) is 28.5 Å². The number of sulfonamides is 1. The van der Waals surface area contributed by atoms with Crippen molar-refractivity contribution in [2.75, 3.05) is 0 Å². The molecule has 0 amide bonds. The summed E-state index contributed by atoms with van der Waals surface area (Å²) < 4.78 is 27.1. The molecule has 0 fully saturated rings. The fourth-order valence-corrected chi connectivity index (χ4v) is 3.24. The number of nitro groups is 1. The van der Waals surface area contributed by atoms with Crippen LogP contribution in [-0.2, 0) is 10.0 Å². The van der Waals surface area contributed by atoms with E-state index in [0.717, 1.165) is 6.07 Å². The van der Waals surface area contributed by atoms with Gasteiger partial charge >= 0.3 is 0 Å². The van der Waals surface area contributed by atoms with Gasteiger partial charge in [0.25, 0.3) is 5.69 Å². The minimum Gasteiger partial charge on any atom is -0.262 e. The average molecular weight is 311 g/mol. The Hall–Kier alpha value is -2.33. The summed E-state index contributed by atoms with van der Waals surface area (Å²) >= 11 is 0. The zero-order valence-corrected chi connectivity index (χ0v) is 12.1. The Morgan fingerprint density at radius 3 is 2.71 bits per heavy atom. The van der Waals surface area contributed by atoms with E-state index in [-0.39, 0.29) is 10.6 Å². The van der Waals surface area contributed by atoms with Gasteiger partial charge in [0.15, 0.2) is 0 Å². The van der Waals surface area contributed by atoms with Crippen LogP contribution in [0.15, 0.2) is 29.4 Å². The molecule has 0 aliphatic heterocycles. The fourth-order valence-electron chi connectivity index (χ4n) is 1.77. The largest absolute Gasteiger partial charge is 0.270 e. The molecule has 9 nitrogen and oxygen atoms in total. The number of benzene rings is 1. The molecule has 21 heavy (non-hydrogen) atoms. The number of rotatable bonds is 5. The Kier molecular flexibility index (Phi) is 4.00. The number of aromatic amines is 1. The molecular formula is C11H13N5O4S. The fraction of sp³-hybridized carbons (Fsp3) is 0.273. The van der Waals surface area contributed by atoms with Crippen molar-refractivity contribution < 1.29 is 13.3 Å². The van der Waals surface area contributed by atoms with Crippen LogP contribution in [0.1, 0.15) is 24.4 Å². The lowest BCUT2D eigenvalue weighted by atomic mass is 10.2. The summed E-state index contributed by atoms with van der Waals surface area (Å²) in [4.78, 5) is 13.9. The van der Waals surface area contributed by atoms with Crippen molar-refractivity contribution >= 4 is 15.7 Å². The van der Waals surface area contributed by atoms with Gasteiger partial charge in [-0.05, 0) is 19.4 Å². The Morgan fingerprint density at radius 2 is 2.14 bits per heavy atom. The van der Waals surface area contributed by atoms with Gasteiger partial charge in [0.1, 0.15) is 12.2 Å². The van der Waals surface area contributed by atoms with Gasteiger partial charge in [0, 0.05) is 12.1 Å². The first kappa shape index (κ1) is 15.1. The molecular weight excluding hydrogens is 298 g/mol. The Morgan fingerprint density at radius 1 is 1.43 bits per heavy atom. The van der Waals surface area contributed by atoms with Crippen LogP contribution >= 0.6 is 0 Å². The van der Waals surface area contributed by atoms with Gasteiger partial charge in [-0.15, -0.1) is 0 Å². The highest BCUT2D eigenvalue weighted by molar-refractivity contribution is 7.89. The van der Waals surface area contributed by atoms with E-state index in [9.17, 15) is 18.5 Å². The molecule has 2 aromatic rings. The summed E-state index contributed by atoms with van der Waals surface area (Å²) in [5, 5.41) is 17.0. The molecule has 1 aromatic heterocycles. The van der Waals surface area contributed by atoms with Crippen molar-refractivity contribution in [1.82, 2.24) is 19.9 Å². The zero-order chi connectivity index (χ0) is 15.6. The minimum absolute atomic E-state index is 0.136. The number of aryl methyl sites for hydroxylation is 1. The number of nitro benzene ring substituents is 1. The maximum Gasteiger partial charge on any atom is 0.270 e. The monoisotopic (exact) mass is 311 g/mol. The number of non-ortho nitro benzene ring substituents is 1. The molecule has 1 atom stereocenters. The SMILES string of the molecule is Cc1ccc([N+](=O)[O-])cc1S(=O)(=O)NC(C)c1ncn[nH]1. The van der Waals surface area contributed by atoms with Crippen molar-refractivity contribution in [2.24, 2.45) is 0 Å². The van der Waals surface area contributed by atoms with Crippen molar-refractivity contribution in [3.8, 4) is 0 Å². The van der Waals surface area contributed by atoms with Gasteiger partial charge in [-0.2, -0.15) is 5.10 Å². The molecule has 0 aliphatic carbocycles. The first-order valence-electron chi connectivity index (χ1n) is 5.94. The maximum absolute atomic E-state index is 12.3. The third-order valence-electron chi connectivity index (χ3n) is 2.85. The molecule has 0 spiro atoms. The highest BCUT2D eigenvalue weighted by Crippen LogP contribution is 2.23. The van der Waals surface area contributed by atoms with E-state index in [1.54, 1.807) is 13.8 Å². The van der Waals surface area contributed by atoms with E-state index in [4.69, 9.17) is 0 Å².